The highest BCUT2D eigenvalue weighted by molar-refractivity contribution is 7.15. The van der Waals surface area contributed by atoms with Gasteiger partial charge in [0.1, 0.15) is 0 Å². The van der Waals surface area contributed by atoms with Crippen LogP contribution >= 0.6 is 11.3 Å². The Morgan fingerprint density at radius 1 is 1.17 bits per heavy atom. The van der Waals surface area contributed by atoms with Crippen LogP contribution in [0.2, 0.25) is 0 Å². The van der Waals surface area contributed by atoms with Gasteiger partial charge >= 0.3 is 5.97 Å². The van der Waals surface area contributed by atoms with Gasteiger partial charge in [0.15, 0.2) is 17.3 Å². The van der Waals surface area contributed by atoms with E-state index >= 15 is 0 Å². The largest absolute Gasteiger partial charge is 0.493 e. The van der Waals surface area contributed by atoms with Crippen molar-refractivity contribution < 1.29 is 14.3 Å². The van der Waals surface area contributed by atoms with E-state index in [2.05, 4.69) is 10.1 Å². The second-order valence-corrected chi connectivity index (χ2v) is 7.43. The fraction of sp³-hybridized carbons (Fsp3) is 0.143. The summed E-state index contributed by atoms with van der Waals surface area (Å²) in [5, 5.41) is 4.37. The number of hydrogen-bond acceptors (Lipinski definition) is 7. The molecule has 0 atom stereocenters. The number of benzene rings is 2. The molecule has 0 unspecified atom stereocenters. The van der Waals surface area contributed by atoms with E-state index in [1.165, 1.54) is 29.9 Å². The van der Waals surface area contributed by atoms with Crippen molar-refractivity contribution in [2.75, 3.05) is 7.11 Å². The van der Waals surface area contributed by atoms with E-state index in [0.29, 0.717) is 26.8 Å². The average molecular weight is 407 g/mol. The molecule has 0 N–H and O–H groups in total. The van der Waals surface area contributed by atoms with Gasteiger partial charge in [0.05, 0.1) is 11.6 Å². The molecule has 29 heavy (non-hydrogen) atoms. The van der Waals surface area contributed by atoms with E-state index in [-0.39, 0.29) is 5.56 Å². The van der Waals surface area contributed by atoms with Crippen LogP contribution in [-0.2, 0) is 4.79 Å². The standard InChI is InChI=1S/C21H17N3O4S/c1-12-5-4-6-15(9-12)19-22-21-24(23-19)20(26)18(29-21)11-14-7-8-16(28-13(2)25)17(10-14)27-3/h4-11H,1-3H3/b18-11-. The van der Waals surface area contributed by atoms with Crippen LogP contribution in [-0.4, -0.2) is 27.7 Å². The monoisotopic (exact) mass is 407 g/mol. The Kier molecular flexibility index (Phi) is 4.85. The lowest BCUT2D eigenvalue weighted by molar-refractivity contribution is -0.132. The maximum atomic E-state index is 12.8. The molecule has 0 amide bonds. The van der Waals surface area contributed by atoms with Crippen LogP contribution in [0.25, 0.3) is 22.4 Å². The maximum Gasteiger partial charge on any atom is 0.308 e. The number of carbonyl (C=O) groups is 1. The average Bonchev–Trinajstić information content (AvgIpc) is 3.22. The maximum absolute atomic E-state index is 12.8. The van der Waals surface area contributed by atoms with Crippen molar-refractivity contribution >= 4 is 28.3 Å². The van der Waals surface area contributed by atoms with Gasteiger partial charge in [0.25, 0.3) is 5.56 Å². The molecule has 8 heteroatoms. The SMILES string of the molecule is COc1cc(/C=c2\sc3nc(-c4cccc(C)c4)nn3c2=O)ccc1OC(C)=O. The van der Waals surface area contributed by atoms with Crippen molar-refractivity contribution in [3.63, 3.8) is 0 Å². The summed E-state index contributed by atoms with van der Waals surface area (Å²) in [5.74, 6) is 0.820. The Labute approximate surface area is 169 Å². The first-order valence-corrected chi connectivity index (χ1v) is 9.61. The molecule has 0 spiro atoms. The predicted octanol–water partition coefficient (Wildman–Crippen LogP) is 2.61. The molecule has 0 aliphatic heterocycles. The number of aromatic nitrogens is 3. The zero-order chi connectivity index (χ0) is 20.5. The summed E-state index contributed by atoms with van der Waals surface area (Å²) in [7, 11) is 1.49. The van der Waals surface area contributed by atoms with Crippen LogP contribution in [0.4, 0.5) is 0 Å². The number of carbonyl (C=O) groups excluding carboxylic acids is 1. The molecule has 2 aromatic heterocycles. The summed E-state index contributed by atoms with van der Waals surface area (Å²) >= 11 is 1.26. The third kappa shape index (κ3) is 3.74. The van der Waals surface area contributed by atoms with Crippen LogP contribution in [0.15, 0.2) is 47.3 Å². The molecule has 0 fully saturated rings. The Balaban J connectivity index is 1.74. The highest BCUT2D eigenvalue weighted by Crippen LogP contribution is 2.28. The number of thiazole rings is 1. The number of ether oxygens (including phenoxy) is 2. The van der Waals surface area contributed by atoms with Gasteiger partial charge in [-0.05, 0) is 36.8 Å². The molecule has 0 saturated carbocycles. The van der Waals surface area contributed by atoms with E-state index in [1.54, 1.807) is 24.3 Å². The number of esters is 1. The summed E-state index contributed by atoms with van der Waals surface area (Å²) in [4.78, 5) is 29.0. The van der Waals surface area contributed by atoms with Crippen molar-refractivity contribution in [1.29, 1.82) is 0 Å². The summed E-state index contributed by atoms with van der Waals surface area (Å²) < 4.78 is 12.2. The molecular weight excluding hydrogens is 390 g/mol. The molecule has 0 aliphatic carbocycles. The highest BCUT2D eigenvalue weighted by atomic mass is 32.1. The molecule has 0 bridgehead atoms. The number of rotatable bonds is 4. The van der Waals surface area contributed by atoms with Crippen molar-refractivity contribution in [1.82, 2.24) is 14.6 Å². The smallest absolute Gasteiger partial charge is 0.308 e. The van der Waals surface area contributed by atoms with Gasteiger partial charge in [0.2, 0.25) is 4.96 Å². The van der Waals surface area contributed by atoms with Crippen LogP contribution in [0.1, 0.15) is 18.1 Å². The van der Waals surface area contributed by atoms with Gasteiger partial charge in [0, 0.05) is 12.5 Å². The zero-order valence-corrected chi connectivity index (χ0v) is 16.8. The lowest BCUT2D eigenvalue weighted by Crippen LogP contribution is -2.23. The normalized spacial score (nSPS) is 11.8. The molecule has 2 aromatic carbocycles. The molecule has 0 saturated heterocycles. The van der Waals surface area contributed by atoms with Gasteiger partial charge in [-0.3, -0.25) is 9.59 Å². The Morgan fingerprint density at radius 3 is 2.69 bits per heavy atom. The van der Waals surface area contributed by atoms with E-state index in [9.17, 15) is 9.59 Å². The lowest BCUT2D eigenvalue weighted by Gasteiger charge is -2.08. The second kappa shape index (κ2) is 7.48. The molecule has 4 aromatic rings. The van der Waals surface area contributed by atoms with Gasteiger partial charge < -0.3 is 9.47 Å². The number of aryl methyl sites for hydroxylation is 1. The zero-order valence-electron chi connectivity index (χ0n) is 16.0. The number of hydrogen-bond donors (Lipinski definition) is 0. The second-order valence-electron chi connectivity index (χ2n) is 6.42. The van der Waals surface area contributed by atoms with Crippen molar-refractivity contribution in [3.8, 4) is 22.9 Å². The first-order chi connectivity index (χ1) is 13.9. The van der Waals surface area contributed by atoms with Gasteiger partial charge in [-0.1, -0.05) is 41.2 Å². The van der Waals surface area contributed by atoms with Crippen LogP contribution < -0.4 is 19.6 Å². The predicted molar refractivity (Wildman–Crippen MR) is 110 cm³/mol. The van der Waals surface area contributed by atoms with Crippen LogP contribution in [0, 0.1) is 6.92 Å². The van der Waals surface area contributed by atoms with E-state index < -0.39 is 5.97 Å². The van der Waals surface area contributed by atoms with Crippen molar-refractivity contribution in [2.24, 2.45) is 0 Å². The van der Waals surface area contributed by atoms with Crippen molar-refractivity contribution in [2.45, 2.75) is 13.8 Å². The molecule has 0 radical (unpaired) electrons. The van der Waals surface area contributed by atoms with E-state index in [4.69, 9.17) is 9.47 Å². The highest BCUT2D eigenvalue weighted by Gasteiger charge is 2.13. The molecule has 7 nitrogen and oxygen atoms in total. The van der Waals surface area contributed by atoms with Crippen LogP contribution in [0.5, 0.6) is 11.5 Å². The summed E-state index contributed by atoms with van der Waals surface area (Å²) in [6, 6.07) is 12.9. The fourth-order valence-corrected chi connectivity index (χ4v) is 3.81. The number of fused-ring (bicyclic) bond motifs is 1. The van der Waals surface area contributed by atoms with E-state index in [1.807, 2.05) is 31.2 Å². The third-order valence-electron chi connectivity index (χ3n) is 4.20. The van der Waals surface area contributed by atoms with Gasteiger partial charge in [-0.2, -0.15) is 9.50 Å². The topological polar surface area (TPSA) is 82.8 Å². The summed E-state index contributed by atoms with van der Waals surface area (Å²) in [5.41, 5.74) is 2.47. The summed E-state index contributed by atoms with van der Waals surface area (Å²) in [6.07, 6.45) is 1.73. The molecule has 146 valence electrons. The number of methoxy groups -OCH3 is 1. The molecule has 4 rings (SSSR count). The van der Waals surface area contributed by atoms with Crippen molar-refractivity contribution in [3.05, 3.63) is 68.5 Å². The van der Waals surface area contributed by atoms with E-state index in [0.717, 1.165) is 16.7 Å². The lowest BCUT2D eigenvalue weighted by atomic mass is 10.1. The minimum Gasteiger partial charge on any atom is -0.493 e. The Hall–Kier alpha value is -3.52. The van der Waals surface area contributed by atoms with Gasteiger partial charge in [-0.15, -0.1) is 5.10 Å². The fourth-order valence-electron chi connectivity index (χ4n) is 2.90. The Morgan fingerprint density at radius 2 is 2.00 bits per heavy atom. The Bertz CT molecular complexity index is 1340. The molecule has 2 heterocycles. The van der Waals surface area contributed by atoms with Crippen LogP contribution in [0.3, 0.4) is 0 Å². The minimum absolute atomic E-state index is 0.237. The first-order valence-electron chi connectivity index (χ1n) is 8.79. The third-order valence-corrected chi connectivity index (χ3v) is 5.16. The molecular formula is C21H17N3O4S. The van der Waals surface area contributed by atoms with Gasteiger partial charge in [-0.25, -0.2) is 0 Å². The first kappa shape index (κ1) is 18.8. The summed E-state index contributed by atoms with van der Waals surface area (Å²) in [6.45, 7) is 3.32. The molecule has 0 aliphatic rings. The minimum atomic E-state index is -0.433. The quantitative estimate of drug-likeness (QED) is 0.382. The number of nitrogens with zero attached hydrogens (tertiary/aromatic N) is 3.